The lowest BCUT2D eigenvalue weighted by molar-refractivity contribution is 0.0322. The monoisotopic (exact) mass is 431 g/mol. The van der Waals surface area contributed by atoms with Crippen LogP contribution in [-0.2, 0) is 11.3 Å². The summed E-state index contributed by atoms with van der Waals surface area (Å²) in [5.74, 6) is 1.22. The molecule has 5 rings (SSSR count). The molecule has 0 saturated carbocycles. The summed E-state index contributed by atoms with van der Waals surface area (Å²) in [6.07, 6.45) is 1.66. The maximum Gasteiger partial charge on any atom is 0.277 e. The van der Waals surface area contributed by atoms with Gasteiger partial charge >= 0.3 is 0 Å². The van der Waals surface area contributed by atoms with E-state index in [2.05, 4.69) is 19.9 Å². The van der Waals surface area contributed by atoms with Gasteiger partial charge in [-0.15, -0.1) is 0 Å². The number of ether oxygens (including phenoxy) is 2. The van der Waals surface area contributed by atoms with E-state index in [1.165, 1.54) is 0 Å². The smallest absolute Gasteiger partial charge is 0.277 e. The standard InChI is InChI=1S/C24H25N5O3/c30-24-21-23(25-17-29(21)16-18-5-2-1-3-6-18)26-22(27-24)19-7-4-8-20(15-19)32-14-11-28-9-12-31-13-10-28/h1-8,15,17H,9-14,16H2,(H,26,27,30). The van der Waals surface area contributed by atoms with Crippen LogP contribution in [0.5, 0.6) is 5.75 Å². The predicted octanol–water partition coefficient (Wildman–Crippen LogP) is 2.55. The van der Waals surface area contributed by atoms with Crippen molar-refractivity contribution in [3.8, 4) is 17.1 Å². The molecule has 164 valence electrons. The van der Waals surface area contributed by atoms with Crippen LogP contribution in [-0.4, -0.2) is 63.9 Å². The van der Waals surface area contributed by atoms with E-state index in [0.29, 0.717) is 30.1 Å². The van der Waals surface area contributed by atoms with Crippen LogP contribution in [0, 0.1) is 0 Å². The molecule has 0 atom stereocenters. The Balaban J connectivity index is 1.33. The van der Waals surface area contributed by atoms with E-state index in [4.69, 9.17) is 9.47 Å². The van der Waals surface area contributed by atoms with E-state index in [-0.39, 0.29) is 5.56 Å². The summed E-state index contributed by atoms with van der Waals surface area (Å²) in [5, 5.41) is 0. The highest BCUT2D eigenvalue weighted by atomic mass is 16.5. The maximum atomic E-state index is 12.9. The third kappa shape index (κ3) is 4.56. The lowest BCUT2D eigenvalue weighted by Crippen LogP contribution is -2.38. The Labute approximate surface area is 185 Å². The molecule has 0 unspecified atom stereocenters. The minimum atomic E-state index is -0.211. The largest absolute Gasteiger partial charge is 0.492 e. The lowest BCUT2D eigenvalue weighted by Gasteiger charge is -2.26. The average molecular weight is 431 g/mol. The Morgan fingerprint density at radius 2 is 1.91 bits per heavy atom. The molecule has 0 aliphatic carbocycles. The van der Waals surface area contributed by atoms with Crippen molar-refractivity contribution in [2.75, 3.05) is 39.5 Å². The number of H-pyrrole nitrogens is 1. The van der Waals surface area contributed by atoms with Crippen LogP contribution in [0.25, 0.3) is 22.6 Å². The Morgan fingerprint density at radius 3 is 2.75 bits per heavy atom. The van der Waals surface area contributed by atoms with Crippen LogP contribution in [0.2, 0.25) is 0 Å². The number of nitrogens with one attached hydrogen (secondary N) is 1. The molecule has 0 amide bonds. The number of aromatic nitrogens is 4. The Morgan fingerprint density at radius 1 is 1.06 bits per heavy atom. The van der Waals surface area contributed by atoms with Crippen LogP contribution < -0.4 is 10.3 Å². The zero-order chi connectivity index (χ0) is 21.8. The van der Waals surface area contributed by atoms with Crippen LogP contribution in [0.1, 0.15) is 5.56 Å². The molecule has 4 aromatic rings. The molecular formula is C24H25N5O3. The molecule has 32 heavy (non-hydrogen) atoms. The minimum absolute atomic E-state index is 0.211. The van der Waals surface area contributed by atoms with Crippen molar-refractivity contribution < 1.29 is 9.47 Å². The molecule has 0 bridgehead atoms. The van der Waals surface area contributed by atoms with E-state index in [9.17, 15) is 4.79 Å². The van der Waals surface area contributed by atoms with Gasteiger partial charge in [-0.05, 0) is 17.7 Å². The molecule has 8 nitrogen and oxygen atoms in total. The number of nitrogens with zero attached hydrogens (tertiary/aromatic N) is 4. The highest BCUT2D eigenvalue weighted by Crippen LogP contribution is 2.21. The maximum absolute atomic E-state index is 12.9. The summed E-state index contributed by atoms with van der Waals surface area (Å²) >= 11 is 0. The Hall–Kier alpha value is -3.49. The van der Waals surface area contributed by atoms with E-state index in [1.54, 1.807) is 6.33 Å². The first-order chi connectivity index (χ1) is 15.8. The third-order valence-corrected chi connectivity index (χ3v) is 5.57. The normalized spacial score (nSPS) is 14.6. The molecule has 0 spiro atoms. The molecule has 2 aromatic heterocycles. The number of morpholine rings is 1. The fraction of sp³-hybridized carbons (Fsp3) is 0.292. The molecule has 1 aliphatic rings. The first-order valence-electron chi connectivity index (χ1n) is 10.8. The van der Waals surface area contributed by atoms with E-state index in [0.717, 1.165) is 49.7 Å². The second-order valence-electron chi connectivity index (χ2n) is 7.78. The molecule has 1 N–H and O–H groups in total. The zero-order valence-corrected chi connectivity index (χ0v) is 17.7. The van der Waals surface area contributed by atoms with Crippen molar-refractivity contribution in [3.63, 3.8) is 0 Å². The Bertz CT molecular complexity index is 1250. The van der Waals surface area contributed by atoms with Gasteiger partial charge in [-0.2, -0.15) is 0 Å². The number of rotatable bonds is 7. The summed E-state index contributed by atoms with van der Waals surface area (Å²) < 4.78 is 13.1. The fourth-order valence-electron chi connectivity index (χ4n) is 3.87. The molecule has 1 saturated heterocycles. The van der Waals surface area contributed by atoms with Crippen LogP contribution >= 0.6 is 0 Å². The Kier molecular flexibility index (Phi) is 5.96. The quantitative estimate of drug-likeness (QED) is 0.484. The zero-order valence-electron chi connectivity index (χ0n) is 17.7. The van der Waals surface area contributed by atoms with E-state index >= 15 is 0 Å². The molecule has 3 heterocycles. The van der Waals surface area contributed by atoms with Gasteiger partial charge in [0.2, 0.25) is 0 Å². The summed E-state index contributed by atoms with van der Waals surface area (Å²) in [7, 11) is 0. The topological polar surface area (TPSA) is 85.3 Å². The summed E-state index contributed by atoms with van der Waals surface area (Å²) in [4.78, 5) is 27.1. The van der Waals surface area contributed by atoms with Gasteiger partial charge < -0.3 is 19.0 Å². The highest BCUT2D eigenvalue weighted by molar-refractivity contribution is 5.73. The van der Waals surface area contributed by atoms with Crippen LogP contribution in [0.15, 0.2) is 65.7 Å². The van der Waals surface area contributed by atoms with Crippen molar-refractivity contribution in [1.29, 1.82) is 0 Å². The summed E-state index contributed by atoms with van der Waals surface area (Å²) in [6.45, 7) is 5.44. The van der Waals surface area contributed by atoms with Crippen LogP contribution in [0.3, 0.4) is 0 Å². The second-order valence-corrected chi connectivity index (χ2v) is 7.78. The fourth-order valence-corrected chi connectivity index (χ4v) is 3.87. The number of hydrogen-bond acceptors (Lipinski definition) is 6. The van der Waals surface area contributed by atoms with Gasteiger partial charge in [-0.1, -0.05) is 42.5 Å². The van der Waals surface area contributed by atoms with Crippen molar-refractivity contribution in [1.82, 2.24) is 24.4 Å². The van der Waals surface area contributed by atoms with Gasteiger partial charge in [0.05, 0.1) is 19.5 Å². The summed E-state index contributed by atoms with van der Waals surface area (Å²) in [5.41, 5.74) is 2.56. The van der Waals surface area contributed by atoms with Crippen molar-refractivity contribution in [3.05, 3.63) is 76.8 Å². The second kappa shape index (κ2) is 9.33. The molecule has 8 heteroatoms. The van der Waals surface area contributed by atoms with Gasteiger partial charge in [0.1, 0.15) is 18.2 Å². The third-order valence-electron chi connectivity index (χ3n) is 5.57. The minimum Gasteiger partial charge on any atom is -0.492 e. The van der Waals surface area contributed by atoms with Crippen LogP contribution in [0.4, 0.5) is 0 Å². The molecule has 1 aliphatic heterocycles. The number of benzene rings is 2. The van der Waals surface area contributed by atoms with Gasteiger partial charge in [0, 0.05) is 31.7 Å². The van der Waals surface area contributed by atoms with Gasteiger partial charge in [0.15, 0.2) is 11.2 Å². The average Bonchev–Trinajstić information content (AvgIpc) is 3.24. The number of aromatic amines is 1. The first kappa shape index (κ1) is 20.4. The molecule has 0 radical (unpaired) electrons. The van der Waals surface area contributed by atoms with Crippen molar-refractivity contribution >= 4 is 11.2 Å². The van der Waals surface area contributed by atoms with Gasteiger partial charge in [-0.3, -0.25) is 9.69 Å². The van der Waals surface area contributed by atoms with Gasteiger partial charge in [0.25, 0.3) is 5.56 Å². The van der Waals surface area contributed by atoms with Crippen molar-refractivity contribution in [2.24, 2.45) is 0 Å². The first-order valence-corrected chi connectivity index (χ1v) is 10.8. The van der Waals surface area contributed by atoms with Crippen molar-refractivity contribution in [2.45, 2.75) is 6.54 Å². The van der Waals surface area contributed by atoms with E-state index in [1.807, 2.05) is 59.2 Å². The number of hydrogen-bond donors (Lipinski definition) is 1. The van der Waals surface area contributed by atoms with E-state index < -0.39 is 0 Å². The molecule has 2 aromatic carbocycles. The highest BCUT2D eigenvalue weighted by Gasteiger charge is 2.13. The lowest BCUT2D eigenvalue weighted by atomic mass is 10.2. The SMILES string of the molecule is O=c1[nH]c(-c2cccc(OCCN3CCOCC3)c2)nc2ncn(Cc3ccccc3)c12. The molecule has 1 fully saturated rings. The number of fused-ring (bicyclic) bond motifs is 1. The van der Waals surface area contributed by atoms with Gasteiger partial charge in [-0.25, -0.2) is 9.97 Å². The molecular weight excluding hydrogens is 406 g/mol. The predicted molar refractivity (Wildman–Crippen MR) is 122 cm³/mol. The number of imidazole rings is 1. The summed E-state index contributed by atoms with van der Waals surface area (Å²) in [6, 6.07) is 17.6.